The SMILES string of the molecule is Cc1nc(-c2cncnc2)sc1-c1nc(C=O)cc2c1ccn2C. The minimum atomic E-state index is 0.414. The van der Waals surface area contributed by atoms with Gasteiger partial charge in [0.15, 0.2) is 6.29 Å². The standard InChI is InChI=1S/C17H13N5OS/c1-10-16(24-17(20-10)11-6-18-9-19-7-11)15-13-3-4-22(2)14(13)5-12(8-23)21-15/h3-9H,1-2H3. The van der Waals surface area contributed by atoms with Crippen LogP contribution >= 0.6 is 11.3 Å². The molecule has 4 rings (SSSR count). The summed E-state index contributed by atoms with van der Waals surface area (Å²) in [6.45, 7) is 1.95. The van der Waals surface area contributed by atoms with Crippen LogP contribution in [0, 0.1) is 6.92 Å². The molecule has 0 unspecified atom stereocenters. The van der Waals surface area contributed by atoms with Gasteiger partial charge in [0.25, 0.3) is 0 Å². The predicted molar refractivity (Wildman–Crippen MR) is 93.0 cm³/mol. The summed E-state index contributed by atoms with van der Waals surface area (Å²) in [4.78, 5) is 29.5. The molecule has 0 aromatic carbocycles. The zero-order valence-corrected chi connectivity index (χ0v) is 13.9. The molecule has 0 atom stereocenters. The molecule has 0 aliphatic carbocycles. The third-order valence-corrected chi connectivity index (χ3v) is 5.05. The topological polar surface area (TPSA) is 73.6 Å². The van der Waals surface area contributed by atoms with E-state index in [0.29, 0.717) is 5.69 Å². The lowest BCUT2D eigenvalue weighted by molar-refractivity contribution is 0.111. The van der Waals surface area contributed by atoms with E-state index < -0.39 is 0 Å². The summed E-state index contributed by atoms with van der Waals surface area (Å²) < 4.78 is 1.98. The Morgan fingerprint density at radius 1 is 1.21 bits per heavy atom. The molecule has 0 bridgehead atoms. The number of carbonyl (C=O) groups is 1. The van der Waals surface area contributed by atoms with Crippen molar-refractivity contribution in [2.24, 2.45) is 7.05 Å². The van der Waals surface area contributed by atoms with Gasteiger partial charge < -0.3 is 4.57 Å². The maximum atomic E-state index is 11.3. The Balaban J connectivity index is 1.95. The molecule has 0 aliphatic rings. The molecule has 0 spiro atoms. The van der Waals surface area contributed by atoms with Gasteiger partial charge in [-0.05, 0) is 19.1 Å². The number of rotatable bonds is 3. The van der Waals surface area contributed by atoms with Crippen LogP contribution in [0.4, 0.5) is 0 Å². The number of hydrogen-bond donors (Lipinski definition) is 0. The lowest BCUT2D eigenvalue weighted by Gasteiger charge is -2.04. The molecule has 0 radical (unpaired) electrons. The molecule has 0 N–H and O–H groups in total. The number of aldehydes is 1. The Morgan fingerprint density at radius 3 is 2.75 bits per heavy atom. The second kappa shape index (κ2) is 5.61. The van der Waals surface area contributed by atoms with Gasteiger partial charge >= 0.3 is 0 Å². The van der Waals surface area contributed by atoms with E-state index in [0.717, 1.165) is 44.0 Å². The van der Waals surface area contributed by atoms with E-state index in [1.54, 1.807) is 18.5 Å². The van der Waals surface area contributed by atoms with Crippen LogP contribution < -0.4 is 0 Å². The monoisotopic (exact) mass is 335 g/mol. The van der Waals surface area contributed by atoms with E-state index in [1.165, 1.54) is 17.7 Å². The molecular weight excluding hydrogens is 322 g/mol. The van der Waals surface area contributed by atoms with Gasteiger partial charge in [0.1, 0.15) is 17.0 Å². The second-order valence-electron chi connectivity index (χ2n) is 5.43. The smallest absolute Gasteiger partial charge is 0.168 e. The van der Waals surface area contributed by atoms with Gasteiger partial charge in [-0.1, -0.05) is 0 Å². The first-order valence-corrected chi connectivity index (χ1v) is 8.13. The highest BCUT2D eigenvalue weighted by Gasteiger charge is 2.17. The maximum absolute atomic E-state index is 11.3. The van der Waals surface area contributed by atoms with Crippen molar-refractivity contribution >= 4 is 28.5 Å². The molecule has 24 heavy (non-hydrogen) atoms. The van der Waals surface area contributed by atoms with Crippen LogP contribution in [0.15, 0.2) is 37.1 Å². The lowest BCUT2D eigenvalue weighted by Crippen LogP contribution is -1.94. The summed E-state index contributed by atoms with van der Waals surface area (Å²) in [6.07, 6.45) is 7.71. The van der Waals surface area contributed by atoms with Crippen molar-refractivity contribution in [2.45, 2.75) is 6.92 Å². The highest BCUT2D eigenvalue weighted by atomic mass is 32.1. The van der Waals surface area contributed by atoms with E-state index in [2.05, 4.69) is 19.9 Å². The van der Waals surface area contributed by atoms with E-state index >= 15 is 0 Å². The minimum absolute atomic E-state index is 0.414. The highest BCUT2D eigenvalue weighted by Crippen LogP contribution is 2.37. The van der Waals surface area contributed by atoms with Crippen LogP contribution in [-0.4, -0.2) is 30.8 Å². The van der Waals surface area contributed by atoms with Crippen LogP contribution in [0.3, 0.4) is 0 Å². The number of pyridine rings is 1. The van der Waals surface area contributed by atoms with Gasteiger partial charge in [0.05, 0.1) is 21.8 Å². The normalized spacial score (nSPS) is 11.1. The first-order valence-electron chi connectivity index (χ1n) is 7.32. The summed E-state index contributed by atoms with van der Waals surface area (Å²) in [6, 6.07) is 3.81. The fourth-order valence-electron chi connectivity index (χ4n) is 2.67. The Kier molecular flexibility index (Phi) is 3.42. The number of aryl methyl sites for hydroxylation is 2. The van der Waals surface area contributed by atoms with Gasteiger partial charge in [-0.3, -0.25) is 4.79 Å². The van der Waals surface area contributed by atoms with Crippen molar-refractivity contribution in [2.75, 3.05) is 0 Å². The molecule has 0 amide bonds. The zero-order chi connectivity index (χ0) is 16.7. The molecule has 4 aromatic heterocycles. The van der Waals surface area contributed by atoms with Crippen molar-refractivity contribution in [3.63, 3.8) is 0 Å². The fourth-order valence-corrected chi connectivity index (χ4v) is 3.71. The number of carbonyl (C=O) groups excluding carboxylic acids is 1. The predicted octanol–water partition coefficient (Wildman–Crippen LogP) is 3.27. The van der Waals surface area contributed by atoms with Crippen molar-refractivity contribution in [1.29, 1.82) is 0 Å². The Bertz CT molecular complexity index is 1050. The summed E-state index contributed by atoms with van der Waals surface area (Å²) in [7, 11) is 1.95. The third kappa shape index (κ3) is 2.30. The average molecular weight is 335 g/mol. The van der Waals surface area contributed by atoms with Gasteiger partial charge in [-0.15, -0.1) is 11.3 Å². The van der Waals surface area contributed by atoms with E-state index in [9.17, 15) is 4.79 Å². The largest absolute Gasteiger partial charge is 0.350 e. The molecule has 0 saturated carbocycles. The van der Waals surface area contributed by atoms with Crippen molar-refractivity contribution < 1.29 is 4.79 Å². The van der Waals surface area contributed by atoms with Crippen LogP contribution in [-0.2, 0) is 7.05 Å². The summed E-state index contributed by atoms with van der Waals surface area (Å²) in [5, 5.41) is 1.84. The van der Waals surface area contributed by atoms with Crippen LogP contribution in [0.5, 0.6) is 0 Å². The zero-order valence-electron chi connectivity index (χ0n) is 13.1. The molecule has 6 nitrogen and oxygen atoms in total. The summed E-state index contributed by atoms with van der Waals surface area (Å²) >= 11 is 1.53. The lowest BCUT2D eigenvalue weighted by atomic mass is 10.1. The molecule has 0 fully saturated rings. The summed E-state index contributed by atoms with van der Waals surface area (Å²) in [5.41, 5.74) is 3.91. The van der Waals surface area contributed by atoms with E-state index in [-0.39, 0.29) is 0 Å². The molecule has 0 saturated heterocycles. The minimum Gasteiger partial charge on any atom is -0.350 e. The van der Waals surface area contributed by atoms with Crippen molar-refractivity contribution in [1.82, 2.24) is 24.5 Å². The molecule has 7 heteroatoms. The number of nitrogens with zero attached hydrogens (tertiary/aromatic N) is 5. The summed E-state index contributed by atoms with van der Waals surface area (Å²) in [5.74, 6) is 0. The van der Waals surface area contributed by atoms with Crippen LogP contribution in [0.1, 0.15) is 16.2 Å². The molecule has 4 aromatic rings. The van der Waals surface area contributed by atoms with Gasteiger partial charge in [-0.25, -0.2) is 19.9 Å². The Hall–Kier alpha value is -2.93. The average Bonchev–Trinajstić information content (AvgIpc) is 3.18. The third-order valence-electron chi connectivity index (χ3n) is 3.84. The van der Waals surface area contributed by atoms with Crippen molar-refractivity contribution in [3.8, 4) is 21.1 Å². The van der Waals surface area contributed by atoms with Gasteiger partial charge in [0, 0.05) is 36.6 Å². The van der Waals surface area contributed by atoms with Gasteiger partial charge in [0.2, 0.25) is 0 Å². The number of aromatic nitrogens is 5. The van der Waals surface area contributed by atoms with E-state index in [1.807, 2.05) is 30.8 Å². The number of hydrogen-bond acceptors (Lipinski definition) is 6. The van der Waals surface area contributed by atoms with E-state index in [4.69, 9.17) is 0 Å². The van der Waals surface area contributed by atoms with Crippen LogP contribution in [0.2, 0.25) is 0 Å². The highest BCUT2D eigenvalue weighted by molar-refractivity contribution is 7.18. The quantitative estimate of drug-likeness (QED) is 0.537. The number of fused-ring (bicyclic) bond motifs is 1. The molecular formula is C17H13N5OS. The first-order chi connectivity index (χ1) is 11.7. The molecule has 118 valence electrons. The number of thiazole rings is 1. The second-order valence-corrected chi connectivity index (χ2v) is 6.43. The maximum Gasteiger partial charge on any atom is 0.168 e. The molecule has 0 aliphatic heterocycles. The van der Waals surface area contributed by atoms with Crippen molar-refractivity contribution in [3.05, 3.63) is 48.4 Å². The Labute approximate surface area is 141 Å². The first kappa shape index (κ1) is 14.6. The van der Waals surface area contributed by atoms with Gasteiger partial charge in [-0.2, -0.15) is 0 Å². The Morgan fingerprint density at radius 2 is 2.00 bits per heavy atom. The molecule has 4 heterocycles. The fraction of sp³-hybridized carbons (Fsp3) is 0.118. The van der Waals surface area contributed by atoms with Crippen LogP contribution in [0.25, 0.3) is 32.0 Å².